The minimum absolute atomic E-state index is 0.260. The Kier molecular flexibility index (Phi) is 5.63. The van der Waals surface area contributed by atoms with Crippen LogP contribution in [0.2, 0.25) is 0 Å². The van der Waals surface area contributed by atoms with E-state index in [-0.39, 0.29) is 5.56 Å². The van der Waals surface area contributed by atoms with Crippen LogP contribution in [0.3, 0.4) is 0 Å². The fraction of sp³-hybridized carbons (Fsp3) is 0.364. The zero-order valence-corrected chi connectivity index (χ0v) is 10.4. The number of carbonyl (C=O) groups is 1. The first kappa shape index (κ1) is 12.4. The van der Waals surface area contributed by atoms with Gasteiger partial charge in [0.2, 0.25) is 0 Å². The smallest absolute Gasteiger partial charge is 0.0718 e. The van der Waals surface area contributed by atoms with Crippen molar-refractivity contribution < 1.29 is 14.6 Å². The number of benzene rings is 1. The van der Waals surface area contributed by atoms with E-state index in [1.165, 1.54) is 0 Å². The maximum Gasteiger partial charge on any atom is 0.0718 e. The summed E-state index contributed by atoms with van der Waals surface area (Å²) in [5, 5.41) is 10.8. The van der Waals surface area contributed by atoms with E-state index in [1.807, 2.05) is 6.07 Å². The van der Waals surface area contributed by atoms with E-state index in [1.54, 1.807) is 18.2 Å². The van der Waals surface area contributed by atoms with Crippen LogP contribution in [0.15, 0.2) is 24.3 Å². The number of halogens is 1. The molecule has 1 rings (SSSR count). The number of carboxylic acids is 1. The summed E-state index contributed by atoms with van der Waals surface area (Å²) >= 11 is 2.23. The number of alkyl halides is 1. The molecule has 0 N–H and O–H groups in total. The third-order valence-electron chi connectivity index (χ3n) is 1.97. The lowest BCUT2D eigenvalue weighted by atomic mass is 10.1. The zero-order valence-electron chi connectivity index (χ0n) is 8.24. The van der Waals surface area contributed by atoms with Crippen LogP contribution >= 0.6 is 22.6 Å². The van der Waals surface area contributed by atoms with E-state index < -0.39 is 5.97 Å². The standard InChI is InChI=1S/C11H13IO3/c12-6-8-15-7-5-9-3-1-2-4-10(9)11(13)14/h1-4H,5-8H2,(H,13,14)/p-1. The molecule has 15 heavy (non-hydrogen) atoms. The normalized spacial score (nSPS) is 10.2. The van der Waals surface area contributed by atoms with Crippen molar-refractivity contribution in [3.63, 3.8) is 0 Å². The molecule has 4 heteroatoms. The summed E-state index contributed by atoms with van der Waals surface area (Å²) in [4.78, 5) is 10.8. The van der Waals surface area contributed by atoms with Gasteiger partial charge in [-0.25, -0.2) is 0 Å². The van der Waals surface area contributed by atoms with E-state index in [9.17, 15) is 9.90 Å². The SMILES string of the molecule is O=C([O-])c1ccccc1CCOCCI. The quantitative estimate of drug-likeness (QED) is 0.447. The highest BCUT2D eigenvalue weighted by Gasteiger charge is 2.01. The average molecular weight is 319 g/mol. The van der Waals surface area contributed by atoms with Crippen LogP contribution in [0.1, 0.15) is 15.9 Å². The van der Waals surface area contributed by atoms with Crippen molar-refractivity contribution in [1.29, 1.82) is 0 Å². The molecule has 0 radical (unpaired) electrons. The predicted octanol–water partition coefficient (Wildman–Crippen LogP) is 1.04. The molecule has 0 heterocycles. The second-order valence-corrected chi connectivity index (χ2v) is 4.07. The van der Waals surface area contributed by atoms with Crippen LogP contribution in [-0.2, 0) is 11.2 Å². The van der Waals surface area contributed by atoms with Crippen molar-refractivity contribution in [3.8, 4) is 0 Å². The second kappa shape index (κ2) is 6.79. The molecule has 0 saturated heterocycles. The third-order valence-corrected chi connectivity index (χ3v) is 2.41. The Morgan fingerprint density at radius 1 is 1.33 bits per heavy atom. The van der Waals surface area contributed by atoms with Crippen LogP contribution in [0.5, 0.6) is 0 Å². The van der Waals surface area contributed by atoms with Crippen molar-refractivity contribution in [2.75, 3.05) is 17.6 Å². The Morgan fingerprint density at radius 3 is 2.73 bits per heavy atom. The largest absolute Gasteiger partial charge is 0.545 e. The first-order valence-electron chi connectivity index (χ1n) is 4.68. The van der Waals surface area contributed by atoms with Gasteiger partial charge in [0.25, 0.3) is 0 Å². The first-order valence-corrected chi connectivity index (χ1v) is 6.21. The summed E-state index contributed by atoms with van der Waals surface area (Å²) in [6, 6.07) is 6.86. The van der Waals surface area contributed by atoms with E-state index >= 15 is 0 Å². The lowest BCUT2D eigenvalue weighted by molar-refractivity contribution is -0.255. The topological polar surface area (TPSA) is 49.4 Å². The third kappa shape index (κ3) is 4.17. The highest BCUT2D eigenvalue weighted by Crippen LogP contribution is 2.08. The highest BCUT2D eigenvalue weighted by molar-refractivity contribution is 14.1. The monoisotopic (exact) mass is 319 g/mol. The van der Waals surface area contributed by atoms with E-state index in [0.717, 1.165) is 9.99 Å². The molecule has 0 spiro atoms. The van der Waals surface area contributed by atoms with Crippen LogP contribution in [-0.4, -0.2) is 23.6 Å². The van der Waals surface area contributed by atoms with Gasteiger partial charge in [-0.3, -0.25) is 0 Å². The molecular formula is C11H12IO3-. The zero-order chi connectivity index (χ0) is 11.1. The fourth-order valence-corrected chi connectivity index (χ4v) is 1.59. The van der Waals surface area contributed by atoms with Gasteiger partial charge in [-0.05, 0) is 12.0 Å². The van der Waals surface area contributed by atoms with Gasteiger partial charge in [-0.2, -0.15) is 0 Å². The lowest BCUT2D eigenvalue weighted by Crippen LogP contribution is -2.24. The Hall–Kier alpha value is -0.620. The molecule has 1 aromatic rings. The predicted molar refractivity (Wildman–Crippen MR) is 64.2 cm³/mol. The molecule has 0 saturated carbocycles. The molecule has 0 aliphatic rings. The summed E-state index contributed by atoms with van der Waals surface area (Å²) in [7, 11) is 0. The van der Waals surface area contributed by atoms with Gasteiger partial charge in [-0.15, -0.1) is 0 Å². The second-order valence-electron chi connectivity index (χ2n) is 3.00. The number of hydrogen-bond acceptors (Lipinski definition) is 3. The van der Waals surface area contributed by atoms with Gasteiger partial charge in [0, 0.05) is 9.99 Å². The molecule has 0 amide bonds. The Balaban J connectivity index is 2.56. The van der Waals surface area contributed by atoms with E-state index in [4.69, 9.17) is 4.74 Å². The number of aromatic carboxylic acids is 1. The average Bonchev–Trinajstić information content (AvgIpc) is 2.25. The van der Waals surface area contributed by atoms with Crippen LogP contribution in [0.4, 0.5) is 0 Å². The van der Waals surface area contributed by atoms with Crippen molar-refractivity contribution in [3.05, 3.63) is 35.4 Å². The van der Waals surface area contributed by atoms with Crippen molar-refractivity contribution in [2.24, 2.45) is 0 Å². The van der Waals surface area contributed by atoms with E-state index in [2.05, 4.69) is 22.6 Å². The molecule has 0 aliphatic heterocycles. The van der Waals surface area contributed by atoms with Crippen LogP contribution in [0, 0.1) is 0 Å². The Bertz CT molecular complexity index is 325. The lowest BCUT2D eigenvalue weighted by Gasteiger charge is -2.09. The van der Waals surface area contributed by atoms with Crippen LogP contribution < -0.4 is 5.11 Å². The summed E-state index contributed by atoms with van der Waals surface area (Å²) in [5.41, 5.74) is 1.03. The van der Waals surface area contributed by atoms with Crippen molar-refractivity contribution >= 4 is 28.6 Å². The minimum atomic E-state index is -1.13. The molecule has 0 bridgehead atoms. The molecule has 3 nitrogen and oxygen atoms in total. The molecule has 0 atom stereocenters. The molecular weight excluding hydrogens is 307 g/mol. The molecule has 0 aliphatic carbocycles. The number of hydrogen-bond donors (Lipinski definition) is 0. The van der Waals surface area contributed by atoms with Gasteiger partial charge in [0.1, 0.15) is 0 Å². The van der Waals surface area contributed by atoms with Gasteiger partial charge in [0.05, 0.1) is 19.2 Å². The molecule has 0 fully saturated rings. The Morgan fingerprint density at radius 2 is 2.07 bits per heavy atom. The fourth-order valence-electron chi connectivity index (χ4n) is 1.28. The summed E-state index contributed by atoms with van der Waals surface area (Å²) in [5.74, 6) is -1.13. The van der Waals surface area contributed by atoms with Gasteiger partial charge in [0.15, 0.2) is 0 Å². The first-order chi connectivity index (χ1) is 7.25. The van der Waals surface area contributed by atoms with Crippen molar-refractivity contribution in [1.82, 2.24) is 0 Å². The van der Waals surface area contributed by atoms with Gasteiger partial charge < -0.3 is 14.6 Å². The maximum absolute atomic E-state index is 10.8. The summed E-state index contributed by atoms with van der Waals surface area (Å²) in [6.45, 7) is 1.25. The number of ether oxygens (including phenoxy) is 1. The van der Waals surface area contributed by atoms with E-state index in [0.29, 0.717) is 19.6 Å². The summed E-state index contributed by atoms with van der Waals surface area (Å²) in [6.07, 6.45) is 0.612. The minimum Gasteiger partial charge on any atom is -0.545 e. The maximum atomic E-state index is 10.8. The van der Waals surface area contributed by atoms with Gasteiger partial charge >= 0.3 is 0 Å². The van der Waals surface area contributed by atoms with Crippen LogP contribution in [0.25, 0.3) is 0 Å². The molecule has 82 valence electrons. The number of rotatable bonds is 6. The molecule has 1 aromatic carbocycles. The molecule has 0 aromatic heterocycles. The Labute approximate surface area is 103 Å². The number of carbonyl (C=O) groups excluding carboxylic acids is 1. The number of carboxylic acid groups (broad SMARTS) is 1. The molecule has 0 unspecified atom stereocenters. The highest BCUT2D eigenvalue weighted by atomic mass is 127. The van der Waals surface area contributed by atoms with Crippen molar-refractivity contribution in [2.45, 2.75) is 6.42 Å². The van der Waals surface area contributed by atoms with Gasteiger partial charge in [-0.1, -0.05) is 46.9 Å². The summed E-state index contributed by atoms with van der Waals surface area (Å²) < 4.78 is 6.24.